The van der Waals surface area contributed by atoms with Crippen molar-refractivity contribution in [2.24, 2.45) is 0 Å². The molecule has 1 amide bonds. The number of H-pyrrole nitrogens is 1. The van der Waals surface area contributed by atoms with Gasteiger partial charge in [0.1, 0.15) is 23.5 Å². The van der Waals surface area contributed by atoms with Crippen LogP contribution in [0.1, 0.15) is 34.8 Å². The molecule has 0 unspecified atom stereocenters. The fourth-order valence-electron chi connectivity index (χ4n) is 2.50. The predicted octanol–water partition coefficient (Wildman–Crippen LogP) is 2.40. The van der Waals surface area contributed by atoms with Gasteiger partial charge in [-0.05, 0) is 30.9 Å². The molecule has 0 aliphatic heterocycles. The Bertz CT molecular complexity index is 914. The van der Waals surface area contributed by atoms with E-state index in [2.05, 4.69) is 25.6 Å². The van der Waals surface area contributed by atoms with Gasteiger partial charge >= 0.3 is 0 Å². The van der Waals surface area contributed by atoms with Crippen molar-refractivity contribution in [3.63, 3.8) is 0 Å². The maximum Gasteiger partial charge on any atom is 0.276 e. The summed E-state index contributed by atoms with van der Waals surface area (Å²) in [5.41, 5.74) is 1.19. The van der Waals surface area contributed by atoms with E-state index in [1.54, 1.807) is 6.20 Å². The van der Waals surface area contributed by atoms with Gasteiger partial charge in [-0.25, -0.2) is 8.78 Å². The Morgan fingerprint density at radius 3 is 2.92 bits per heavy atom. The van der Waals surface area contributed by atoms with Gasteiger partial charge in [0.25, 0.3) is 5.91 Å². The van der Waals surface area contributed by atoms with Crippen LogP contribution in [0.25, 0.3) is 5.69 Å². The lowest BCUT2D eigenvalue weighted by atomic mass is 10.1. The smallest absolute Gasteiger partial charge is 0.276 e. The van der Waals surface area contributed by atoms with Gasteiger partial charge in [-0.2, -0.15) is 19.9 Å². The quantitative estimate of drug-likeness (QED) is 0.769. The van der Waals surface area contributed by atoms with Crippen LogP contribution in [0, 0.1) is 11.6 Å². The second kappa shape index (κ2) is 5.52. The highest BCUT2D eigenvalue weighted by Gasteiger charge is 2.30. The third kappa shape index (κ3) is 2.53. The van der Waals surface area contributed by atoms with Gasteiger partial charge in [-0.15, -0.1) is 0 Å². The van der Waals surface area contributed by atoms with E-state index in [-0.39, 0.29) is 11.6 Å². The van der Waals surface area contributed by atoms with Crippen LogP contribution in [0.15, 0.2) is 30.7 Å². The first-order valence-corrected chi connectivity index (χ1v) is 7.33. The van der Waals surface area contributed by atoms with Crippen molar-refractivity contribution in [1.29, 1.82) is 0 Å². The Morgan fingerprint density at radius 1 is 1.33 bits per heavy atom. The maximum absolute atomic E-state index is 13.9. The molecule has 1 saturated carbocycles. The topological polar surface area (TPSA) is 88.5 Å². The van der Waals surface area contributed by atoms with Gasteiger partial charge in [-0.1, -0.05) is 0 Å². The Balaban J connectivity index is 1.63. The molecule has 0 radical (unpaired) electrons. The number of amides is 1. The molecule has 122 valence electrons. The number of aromatic nitrogens is 5. The lowest BCUT2D eigenvalue weighted by Gasteiger charge is -2.08. The Morgan fingerprint density at radius 2 is 2.17 bits per heavy atom. The molecule has 1 fully saturated rings. The summed E-state index contributed by atoms with van der Waals surface area (Å²) in [6.45, 7) is 0. The number of nitrogens with zero attached hydrogens (tertiary/aromatic N) is 4. The van der Waals surface area contributed by atoms with Crippen LogP contribution in [-0.2, 0) is 0 Å². The SMILES string of the molecule is O=C(Nc1ncnn1-c1ccc(F)cc1F)c1[nH]ncc1C1CC1. The highest BCUT2D eigenvalue weighted by atomic mass is 19.1. The van der Waals surface area contributed by atoms with E-state index in [9.17, 15) is 13.6 Å². The highest BCUT2D eigenvalue weighted by molar-refractivity contribution is 6.03. The first kappa shape index (κ1) is 14.5. The molecular weight excluding hydrogens is 318 g/mol. The van der Waals surface area contributed by atoms with Gasteiger partial charge in [-0.3, -0.25) is 15.2 Å². The molecule has 9 heteroatoms. The largest absolute Gasteiger partial charge is 0.289 e. The molecule has 1 aliphatic carbocycles. The number of carbonyl (C=O) groups is 1. The van der Waals surface area contributed by atoms with Crippen molar-refractivity contribution in [2.45, 2.75) is 18.8 Å². The van der Waals surface area contributed by atoms with Crippen LogP contribution >= 0.6 is 0 Å². The molecule has 4 rings (SSSR count). The second-order valence-electron chi connectivity index (χ2n) is 5.52. The summed E-state index contributed by atoms with van der Waals surface area (Å²) in [7, 11) is 0. The van der Waals surface area contributed by atoms with E-state index in [4.69, 9.17) is 0 Å². The van der Waals surface area contributed by atoms with Gasteiger partial charge < -0.3 is 0 Å². The summed E-state index contributed by atoms with van der Waals surface area (Å²) >= 11 is 0. The van der Waals surface area contributed by atoms with Crippen LogP contribution in [-0.4, -0.2) is 30.9 Å². The zero-order valence-electron chi connectivity index (χ0n) is 12.3. The molecule has 2 heterocycles. The molecular formula is C15H12F2N6O. The average molecular weight is 330 g/mol. The molecule has 1 aliphatic rings. The number of halogens is 2. The van der Waals surface area contributed by atoms with Gasteiger partial charge in [0.15, 0.2) is 5.82 Å². The summed E-state index contributed by atoms with van der Waals surface area (Å²) in [6, 6.07) is 3.06. The number of hydrogen-bond acceptors (Lipinski definition) is 4. The molecule has 1 aromatic carbocycles. The van der Waals surface area contributed by atoms with Gasteiger partial charge in [0.2, 0.25) is 5.95 Å². The summed E-state index contributed by atoms with van der Waals surface area (Å²) in [5.74, 6) is -1.57. The molecule has 2 aromatic heterocycles. The summed E-state index contributed by atoms with van der Waals surface area (Å²) in [5, 5.41) is 13.0. The van der Waals surface area contributed by atoms with E-state index in [0.29, 0.717) is 11.6 Å². The fraction of sp³-hybridized carbons (Fsp3) is 0.200. The molecule has 0 bridgehead atoms. The van der Waals surface area contributed by atoms with E-state index < -0.39 is 17.5 Å². The van der Waals surface area contributed by atoms with Crippen LogP contribution < -0.4 is 5.32 Å². The first-order chi connectivity index (χ1) is 11.6. The van der Waals surface area contributed by atoms with Crippen molar-refractivity contribution in [2.75, 3.05) is 5.32 Å². The predicted molar refractivity (Wildman–Crippen MR) is 79.8 cm³/mol. The monoisotopic (exact) mass is 330 g/mol. The number of rotatable bonds is 4. The molecule has 0 saturated heterocycles. The number of hydrogen-bond donors (Lipinski definition) is 2. The highest BCUT2D eigenvalue weighted by Crippen LogP contribution is 2.41. The Labute approximate surface area is 134 Å². The normalized spacial score (nSPS) is 13.9. The number of benzene rings is 1. The minimum absolute atomic E-state index is 0.0174. The zero-order valence-corrected chi connectivity index (χ0v) is 12.3. The van der Waals surface area contributed by atoms with E-state index in [1.165, 1.54) is 12.4 Å². The number of anilines is 1. The Hall–Kier alpha value is -3.10. The molecule has 2 N–H and O–H groups in total. The first-order valence-electron chi connectivity index (χ1n) is 7.33. The molecule has 24 heavy (non-hydrogen) atoms. The Kier molecular flexibility index (Phi) is 3.33. The molecule has 3 aromatic rings. The van der Waals surface area contributed by atoms with Crippen molar-refractivity contribution in [3.05, 3.63) is 53.6 Å². The van der Waals surface area contributed by atoms with Crippen molar-refractivity contribution in [1.82, 2.24) is 25.0 Å². The number of carbonyl (C=O) groups excluding carboxylic acids is 1. The fourth-order valence-corrected chi connectivity index (χ4v) is 2.50. The minimum atomic E-state index is -0.809. The van der Waals surface area contributed by atoms with E-state index >= 15 is 0 Å². The number of nitrogens with one attached hydrogen (secondary N) is 2. The molecule has 0 spiro atoms. The van der Waals surface area contributed by atoms with Gasteiger partial charge in [0.05, 0.1) is 6.20 Å². The summed E-state index contributed by atoms with van der Waals surface area (Å²) in [4.78, 5) is 16.4. The lowest BCUT2D eigenvalue weighted by Crippen LogP contribution is -2.18. The van der Waals surface area contributed by atoms with Crippen LogP contribution in [0.4, 0.5) is 14.7 Å². The standard InChI is InChI=1S/C15H12F2N6O/c16-9-3-4-12(11(17)5-9)23-15(18-7-20-23)21-14(24)13-10(6-19-22-13)8-1-2-8/h3-8H,1-2H2,(H,19,22)(H,18,20,21,24). The van der Waals surface area contributed by atoms with Crippen molar-refractivity contribution < 1.29 is 13.6 Å². The molecule has 7 nitrogen and oxygen atoms in total. The summed E-state index contributed by atoms with van der Waals surface area (Å²) in [6.07, 6.45) is 4.86. The van der Waals surface area contributed by atoms with Crippen molar-refractivity contribution >= 4 is 11.9 Å². The van der Waals surface area contributed by atoms with Gasteiger partial charge in [0, 0.05) is 11.6 Å². The minimum Gasteiger partial charge on any atom is -0.289 e. The molecule has 0 atom stereocenters. The van der Waals surface area contributed by atoms with Crippen LogP contribution in [0.5, 0.6) is 0 Å². The van der Waals surface area contributed by atoms with Crippen molar-refractivity contribution in [3.8, 4) is 5.69 Å². The third-order valence-corrected chi connectivity index (χ3v) is 3.82. The number of aromatic amines is 1. The summed E-state index contributed by atoms with van der Waals surface area (Å²) < 4.78 is 28.1. The third-order valence-electron chi connectivity index (χ3n) is 3.82. The van der Waals surface area contributed by atoms with E-state index in [1.807, 2.05) is 0 Å². The average Bonchev–Trinajstić information content (AvgIpc) is 3.09. The lowest BCUT2D eigenvalue weighted by molar-refractivity contribution is 0.102. The van der Waals surface area contributed by atoms with E-state index in [0.717, 1.165) is 35.2 Å². The maximum atomic E-state index is 13.9. The van der Waals surface area contributed by atoms with Crippen LogP contribution in [0.2, 0.25) is 0 Å². The van der Waals surface area contributed by atoms with Crippen LogP contribution in [0.3, 0.4) is 0 Å². The zero-order chi connectivity index (χ0) is 16.7. The second-order valence-corrected chi connectivity index (χ2v) is 5.52.